The molecule has 2 unspecified atom stereocenters. The second-order valence-corrected chi connectivity index (χ2v) is 7.07. The Labute approximate surface area is 132 Å². The van der Waals surface area contributed by atoms with Gasteiger partial charge >= 0.3 is 0 Å². The highest BCUT2D eigenvalue weighted by Gasteiger charge is 2.43. The van der Waals surface area contributed by atoms with E-state index in [2.05, 4.69) is 15.9 Å². The van der Waals surface area contributed by atoms with Gasteiger partial charge in [0, 0.05) is 24.6 Å². The smallest absolute Gasteiger partial charge is 0.254 e. The van der Waals surface area contributed by atoms with Crippen LogP contribution in [0.2, 0.25) is 0 Å². The number of phenols is 1. The Morgan fingerprint density at radius 1 is 1.33 bits per heavy atom. The topological polar surface area (TPSA) is 60.8 Å². The van der Waals surface area contributed by atoms with Crippen molar-refractivity contribution >= 4 is 21.8 Å². The molecular weight excluding hydrogens is 334 g/mol. The Morgan fingerprint density at radius 2 is 2.14 bits per heavy atom. The highest BCUT2D eigenvalue weighted by atomic mass is 79.9. The summed E-state index contributed by atoms with van der Waals surface area (Å²) < 4.78 is 0.583. The number of amides is 1. The van der Waals surface area contributed by atoms with Crippen LogP contribution < -0.4 is 0 Å². The molecule has 2 atom stereocenters. The number of likely N-dealkylation sites (tertiary alicyclic amines) is 1. The third-order valence-corrected chi connectivity index (χ3v) is 5.58. The lowest BCUT2D eigenvalue weighted by atomic mass is 9.71. The van der Waals surface area contributed by atoms with Crippen LogP contribution in [0.4, 0.5) is 0 Å². The van der Waals surface area contributed by atoms with Gasteiger partial charge in [0.2, 0.25) is 0 Å². The summed E-state index contributed by atoms with van der Waals surface area (Å²) in [5.41, 5.74) is -0.0754. The van der Waals surface area contributed by atoms with Crippen molar-refractivity contribution in [2.75, 3.05) is 13.1 Å². The molecule has 1 aromatic rings. The number of aromatic hydroxyl groups is 1. The van der Waals surface area contributed by atoms with E-state index in [1.165, 1.54) is 6.07 Å². The number of rotatable bonds is 1. The SMILES string of the molecule is O=C(c1ccc(Br)c(O)c1)N1CCC2(O)CCCCC2C1. The van der Waals surface area contributed by atoms with Crippen LogP contribution in [-0.4, -0.2) is 39.7 Å². The van der Waals surface area contributed by atoms with Gasteiger partial charge in [0.1, 0.15) is 5.75 Å². The Kier molecular flexibility index (Phi) is 3.97. The largest absolute Gasteiger partial charge is 0.507 e. The van der Waals surface area contributed by atoms with Gasteiger partial charge in [0.05, 0.1) is 10.1 Å². The molecule has 4 nitrogen and oxygen atoms in total. The highest BCUT2D eigenvalue weighted by Crippen LogP contribution is 2.40. The third-order valence-electron chi connectivity index (χ3n) is 4.91. The molecule has 1 heterocycles. The van der Waals surface area contributed by atoms with Crippen molar-refractivity contribution in [1.29, 1.82) is 0 Å². The molecule has 0 aromatic heterocycles. The van der Waals surface area contributed by atoms with E-state index in [-0.39, 0.29) is 17.6 Å². The van der Waals surface area contributed by atoms with Crippen LogP contribution in [-0.2, 0) is 0 Å². The molecule has 2 aliphatic rings. The molecule has 1 aliphatic heterocycles. The van der Waals surface area contributed by atoms with Crippen molar-refractivity contribution < 1.29 is 15.0 Å². The second kappa shape index (κ2) is 5.61. The molecule has 1 aliphatic carbocycles. The maximum absolute atomic E-state index is 12.6. The first-order valence-electron chi connectivity index (χ1n) is 7.50. The van der Waals surface area contributed by atoms with Gasteiger partial charge in [-0.25, -0.2) is 0 Å². The summed E-state index contributed by atoms with van der Waals surface area (Å²) in [5.74, 6) is 0.199. The summed E-state index contributed by atoms with van der Waals surface area (Å²) in [4.78, 5) is 14.4. The minimum Gasteiger partial charge on any atom is -0.507 e. The molecule has 1 saturated carbocycles. The summed E-state index contributed by atoms with van der Waals surface area (Å²) >= 11 is 3.22. The number of nitrogens with zero attached hydrogens (tertiary/aromatic N) is 1. The average Bonchev–Trinajstić information content (AvgIpc) is 2.48. The number of piperidine rings is 1. The lowest BCUT2D eigenvalue weighted by Gasteiger charge is -2.47. The molecule has 2 fully saturated rings. The Balaban J connectivity index is 1.75. The quantitative estimate of drug-likeness (QED) is 0.815. The van der Waals surface area contributed by atoms with Crippen LogP contribution >= 0.6 is 15.9 Å². The van der Waals surface area contributed by atoms with Gasteiger partial charge in [-0.05, 0) is 53.4 Å². The lowest BCUT2D eigenvalue weighted by molar-refractivity contribution is -0.0886. The Bertz CT molecular complexity index is 562. The van der Waals surface area contributed by atoms with Crippen LogP contribution in [0.25, 0.3) is 0 Å². The van der Waals surface area contributed by atoms with E-state index in [1.54, 1.807) is 12.1 Å². The van der Waals surface area contributed by atoms with Crippen molar-refractivity contribution in [1.82, 2.24) is 4.90 Å². The zero-order valence-corrected chi connectivity index (χ0v) is 13.5. The molecular formula is C16H20BrNO3. The molecule has 0 spiro atoms. The maximum Gasteiger partial charge on any atom is 0.254 e. The number of fused-ring (bicyclic) bond motifs is 1. The van der Waals surface area contributed by atoms with E-state index < -0.39 is 5.60 Å². The van der Waals surface area contributed by atoms with Gasteiger partial charge in [-0.3, -0.25) is 4.79 Å². The zero-order chi connectivity index (χ0) is 15.0. The minimum atomic E-state index is -0.573. The van der Waals surface area contributed by atoms with Gasteiger partial charge in [-0.1, -0.05) is 12.8 Å². The number of carbonyl (C=O) groups is 1. The predicted molar refractivity (Wildman–Crippen MR) is 83.2 cm³/mol. The lowest BCUT2D eigenvalue weighted by Crippen LogP contribution is -2.54. The molecule has 0 radical (unpaired) electrons. The van der Waals surface area contributed by atoms with Crippen LogP contribution in [0.3, 0.4) is 0 Å². The normalized spacial score (nSPS) is 29.0. The average molecular weight is 354 g/mol. The van der Waals surface area contributed by atoms with Gasteiger partial charge < -0.3 is 15.1 Å². The fourth-order valence-electron chi connectivity index (χ4n) is 3.58. The van der Waals surface area contributed by atoms with Crippen molar-refractivity contribution in [2.24, 2.45) is 5.92 Å². The molecule has 1 saturated heterocycles. The zero-order valence-electron chi connectivity index (χ0n) is 11.9. The van der Waals surface area contributed by atoms with E-state index in [9.17, 15) is 15.0 Å². The number of hydrogen-bond acceptors (Lipinski definition) is 3. The number of benzene rings is 1. The molecule has 3 rings (SSSR count). The number of halogens is 1. The van der Waals surface area contributed by atoms with Gasteiger partial charge in [-0.15, -0.1) is 0 Å². The summed E-state index contributed by atoms with van der Waals surface area (Å²) in [6, 6.07) is 4.89. The fourth-order valence-corrected chi connectivity index (χ4v) is 3.83. The van der Waals surface area contributed by atoms with E-state index in [4.69, 9.17) is 0 Å². The Morgan fingerprint density at radius 3 is 2.90 bits per heavy atom. The standard InChI is InChI=1S/C16H20BrNO3/c17-13-5-4-11(9-14(13)19)15(20)18-8-7-16(21)6-2-1-3-12(16)10-18/h4-5,9,12,19,21H,1-3,6-8,10H2. The number of carbonyl (C=O) groups excluding carboxylic acids is 1. The molecule has 1 aromatic carbocycles. The van der Waals surface area contributed by atoms with Gasteiger partial charge in [0.15, 0.2) is 0 Å². The first kappa shape index (κ1) is 14.9. The van der Waals surface area contributed by atoms with Crippen molar-refractivity contribution in [2.45, 2.75) is 37.7 Å². The van der Waals surface area contributed by atoms with Crippen molar-refractivity contribution in [3.63, 3.8) is 0 Å². The first-order valence-corrected chi connectivity index (χ1v) is 8.29. The molecule has 5 heteroatoms. The highest BCUT2D eigenvalue weighted by molar-refractivity contribution is 9.10. The molecule has 1 amide bonds. The molecule has 114 valence electrons. The van der Waals surface area contributed by atoms with Gasteiger partial charge in [-0.2, -0.15) is 0 Å². The van der Waals surface area contributed by atoms with E-state index in [0.717, 1.165) is 25.7 Å². The van der Waals surface area contributed by atoms with E-state index in [0.29, 0.717) is 29.5 Å². The number of hydrogen-bond donors (Lipinski definition) is 2. The van der Waals surface area contributed by atoms with Crippen LogP contribution in [0.15, 0.2) is 22.7 Å². The van der Waals surface area contributed by atoms with E-state index in [1.807, 2.05) is 4.90 Å². The van der Waals surface area contributed by atoms with Gasteiger partial charge in [0.25, 0.3) is 5.91 Å². The third kappa shape index (κ3) is 2.81. The monoisotopic (exact) mass is 353 g/mol. The first-order chi connectivity index (χ1) is 9.99. The summed E-state index contributed by atoms with van der Waals surface area (Å²) in [6.07, 6.45) is 4.73. The summed E-state index contributed by atoms with van der Waals surface area (Å²) in [6.45, 7) is 1.20. The fraction of sp³-hybridized carbons (Fsp3) is 0.562. The van der Waals surface area contributed by atoms with Crippen LogP contribution in [0.5, 0.6) is 5.75 Å². The van der Waals surface area contributed by atoms with Crippen molar-refractivity contribution in [3.8, 4) is 5.75 Å². The number of aliphatic hydroxyl groups is 1. The molecule has 21 heavy (non-hydrogen) atoms. The molecule has 0 bridgehead atoms. The summed E-state index contributed by atoms with van der Waals surface area (Å²) in [7, 11) is 0. The Hall–Kier alpha value is -1.07. The maximum atomic E-state index is 12.6. The predicted octanol–water partition coefficient (Wildman–Crippen LogP) is 2.92. The van der Waals surface area contributed by atoms with Crippen molar-refractivity contribution in [3.05, 3.63) is 28.2 Å². The summed E-state index contributed by atoms with van der Waals surface area (Å²) in [5, 5.41) is 20.4. The minimum absolute atomic E-state index is 0.0644. The van der Waals surface area contributed by atoms with Crippen LogP contribution in [0.1, 0.15) is 42.5 Å². The second-order valence-electron chi connectivity index (χ2n) is 6.21. The van der Waals surface area contributed by atoms with Crippen LogP contribution in [0, 0.1) is 5.92 Å². The van der Waals surface area contributed by atoms with E-state index >= 15 is 0 Å². The number of phenolic OH excluding ortho intramolecular Hbond substituents is 1. The molecule has 2 N–H and O–H groups in total.